The number of benzene rings is 1. The Kier molecular flexibility index (Phi) is 9.64. The summed E-state index contributed by atoms with van der Waals surface area (Å²) < 4.78 is 15.5. The summed E-state index contributed by atoms with van der Waals surface area (Å²) >= 11 is 0. The Morgan fingerprint density at radius 3 is 2.16 bits per heavy atom. The number of carbonyl (C=O) groups excluding carboxylic acids is 3. The number of hydrogen-bond acceptors (Lipinski definition) is 8. The van der Waals surface area contributed by atoms with Crippen molar-refractivity contribution in [1.82, 2.24) is 0 Å². The van der Waals surface area contributed by atoms with Gasteiger partial charge in [0.15, 0.2) is 11.5 Å². The summed E-state index contributed by atoms with van der Waals surface area (Å²) in [6, 6.07) is 4.32. The third-order valence-corrected chi connectivity index (χ3v) is 4.98. The average Bonchev–Trinajstić information content (AvgIpc) is 2.66. The minimum absolute atomic E-state index is 0.0238. The number of nitrogens with two attached hydrogens (primary N) is 1. The maximum Gasteiger partial charge on any atom is 0.324 e. The molecular formula is C22H31NO8. The minimum Gasteiger partial charge on any atom is -0.480 e. The first-order valence-corrected chi connectivity index (χ1v) is 10.1. The molecule has 0 saturated carbocycles. The van der Waals surface area contributed by atoms with Gasteiger partial charge in [-0.25, -0.2) is 0 Å². The number of carboxylic acid groups (broad SMARTS) is 1. The zero-order chi connectivity index (χ0) is 23.8. The molecule has 0 radical (unpaired) electrons. The van der Waals surface area contributed by atoms with Crippen molar-refractivity contribution in [2.75, 3.05) is 0 Å². The van der Waals surface area contributed by atoms with Crippen LogP contribution in [0.5, 0.6) is 11.5 Å². The Morgan fingerprint density at radius 2 is 1.65 bits per heavy atom. The molecule has 0 heterocycles. The summed E-state index contributed by atoms with van der Waals surface area (Å²) in [5.74, 6) is -3.65. The first kappa shape index (κ1) is 26.1. The number of carboxylic acids is 1. The van der Waals surface area contributed by atoms with Gasteiger partial charge >= 0.3 is 23.9 Å². The van der Waals surface area contributed by atoms with Gasteiger partial charge in [0.05, 0.1) is 0 Å². The van der Waals surface area contributed by atoms with Crippen LogP contribution in [-0.4, -0.2) is 40.6 Å². The summed E-state index contributed by atoms with van der Waals surface area (Å²) in [4.78, 5) is 46.7. The predicted octanol–water partition coefficient (Wildman–Crippen LogP) is 2.62. The van der Waals surface area contributed by atoms with E-state index < -0.39 is 41.4 Å². The minimum atomic E-state index is -1.78. The average molecular weight is 437 g/mol. The molecule has 1 aromatic rings. The molecule has 0 aliphatic carbocycles. The van der Waals surface area contributed by atoms with E-state index in [1.54, 1.807) is 13.8 Å². The third-order valence-electron chi connectivity index (χ3n) is 4.98. The second-order valence-electron chi connectivity index (χ2n) is 7.58. The molecule has 1 aromatic carbocycles. The van der Waals surface area contributed by atoms with Gasteiger partial charge in [0, 0.05) is 32.6 Å². The zero-order valence-electron chi connectivity index (χ0n) is 18.6. The Hall–Kier alpha value is -2.94. The van der Waals surface area contributed by atoms with Crippen molar-refractivity contribution in [3.8, 4) is 11.5 Å². The molecule has 1 rings (SSSR count). The highest BCUT2D eigenvalue weighted by atomic mass is 16.6. The number of carbonyl (C=O) groups is 4. The normalized spacial score (nSPS) is 14.6. The smallest absolute Gasteiger partial charge is 0.324 e. The van der Waals surface area contributed by atoms with Crippen molar-refractivity contribution >= 4 is 23.9 Å². The highest BCUT2D eigenvalue weighted by Gasteiger charge is 2.43. The molecule has 0 aromatic heterocycles. The van der Waals surface area contributed by atoms with Gasteiger partial charge in [-0.2, -0.15) is 0 Å². The molecule has 0 aliphatic rings. The van der Waals surface area contributed by atoms with E-state index >= 15 is 0 Å². The van der Waals surface area contributed by atoms with Crippen LogP contribution in [0.15, 0.2) is 18.2 Å². The number of esters is 3. The Balaban J connectivity index is 3.14. The lowest BCUT2D eigenvalue weighted by Gasteiger charge is -2.35. The van der Waals surface area contributed by atoms with E-state index in [4.69, 9.17) is 19.9 Å². The largest absolute Gasteiger partial charge is 0.480 e. The molecule has 0 aliphatic heterocycles. The van der Waals surface area contributed by atoms with E-state index in [-0.39, 0.29) is 24.3 Å². The fraction of sp³-hybridized carbons (Fsp3) is 0.545. The van der Waals surface area contributed by atoms with Crippen LogP contribution in [0, 0.1) is 5.92 Å². The summed E-state index contributed by atoms with van der Waals surface area (Å²) in [5, 5.41) is 9.86. The molecule has 3 N–H and O–H groups in total. The summed E-state index contributed by atoms with van der Waals surface area (Å²) in [5.41, 5.74) is 4.94. The van der Waals surface area contributed by atoms with Crippen LogP contribution in [0.1, 0.15) is 59.4 Å². The van der Waals surface area contributed by atoms with Gasteiger partial charge in [0.1, 0.15) is 11.6 Å². The fourth-order valence-electron chi connectivity index (χ4n) is 3.01. The van der Waals surface area contributed by atoms with E-state index in [0.717, 1.165) is 6.42 Å². The molecule has 9 heteroatoms. The Labute approximate surface area is 181 Å². The Morgan fingerprint density at radius 1 is 1.06 bits per heavy atom. The predicted molar refractivity (Wildman–Crippen MR) is 112 cm³/mol. The topological polar surface area (TPSA) is 142 Å². The van der Waals surface area contributed by atoms with Gasteiger partial charge < -0.3 is 25.1 Å². The SMILES string of the molecule is CCCCC(=O)O[C@@H](C)[C@@H](C)[C@](N)(Cc1ccc(OC(C)=O)c(OC(C)=O)c1)C(=O)O. The fourth-order valence-corrected chi connectivity index (χ4v) is 3.01. The van der Waals surface area contributed by atoms with Gasteiger partial charge in [0.2, 0.25) is 0 Å². The maximum absolute atomic E-state index is 12.1. The molecule has 0 fully saturated rings. The van der Waals surface area contributed by atoms with Crippen molar-refractivity contribution in [2.45, 2.75) is 71.9 Å². The van der Waals surface area contributed by atoms with E-state index in [1.165, 1.54) is 32.0 Å². The number of aliphatic carboxylic acids is 1. The van der Waals surface area contributed by atoms with Crippen LogP contribution in [0.25, 0.3) is 0 Å². The van der Waals surface area contributed by atoms with Gasteiger partial charge in [-0.05, 0) is 31.0 Å². The van der Waals surface area contributed by atoms with Gasteiger partial charge in [0.25, 0.3) is 0 Å². The van der Waals surface area contributed by atoms with E-state index in [0.29, 0.717) is 12.0 Å². The number of rotatable bonds is 11. The number of unbranched alkanes of at least 4 members (excludes halogenated alkanes) is 1. The highest BCUT2D eigenvalue weighted by Crippen LogP contribution is 2.32. The molecule has 0 spiro atoms. The lowest BCUT2D eigenvalue weighted by Crippen LogP contribution is -2.58. The van der Waals surface area contributed by atoms with Gasteiger partial charge in [-0.15, -0.1) is 0 Å². The van der Waals surface area contributed by atoms with Crippen LogP contribution in [0.2, 0.25) is 0 Å². The van der Waals surface area contributed by atoms with Gasteiger partial charge in [-0.3, -0.25) is 19.2 Å². The summed E-state index contributed by atoms with van der Waals surface area (Å²) in [6.07, 6.45) is 0.887. The van der Waals surface area contributed by atoms with Gasteiger partial charge in [-0.1, -0.05) is 26.3 Å². The molecule has 0 saturated heterocycles. The lowest BCUT2D eigenvalue weighted by molar-refractivity contribution is -0.157. The lowest BCUT2D eigenvalue weighted by atomic mass is 9.78. The molecule has 9 nitrogen and oxygen atoms in total. The van der Waals surface area contributed by atoms with Crippen molar-refractivity contribution < 1.29 is 38.5 Å². The zero-order valence-corrected chi connectivity index (χ0v) is 18.6. The molecule has 172 valence electrons. The summed E-state index contributed by atoms with van der Waals surface area (Å²) in [7, 11) is 0. The van der Waals surface area contributed by atoms with E-state index in [1.807, 2.05) is 6.92 Å². The van der Waals surface area contributed by atoms with Crippen LogP contribution in [0.3, 0.4) is 0 Å². The van der Waals surface area contributed by atoms with Crippen LogP contribution in [-0.2, 0) is 30.3 Å². The molecule has 0 amide bonds. The van der Waals surface area contributed by atoms with Crippen molar-refractivity contribution in [3.05, 3.63) is 23.8 Å². The van der Waals surface area contributed by atoms with Crippen molar-refractivity contribution in [2.24, 2.45) is 11.7 Å². The summed E-state index contributed by atoms with van der Waals surface area (Å²) in [6.45, 7) is 7.54. The monoisotopic (exact) mass is 437 g/mol. The third kappa shape index (κ3) is 7.67. The van der Waals surface area contributed by atoms with Crippen molar-refractivity contribution in [1.29, 1.82) is 0 Å². The molecule has 31 heavy (non-hydrogen) atoms. The standard InChI is InChI=1S/C22H31NO8/c1-6-7-8-20(26)29-14(3)13(2)22(23,21(27)28)12-17-9-10-18(30-15(4)24)19(11-17)31-16(5)25/h9-11,13-14H,6-8,12,23H2,1-5H3,(H,27,28)/t13-,14+,22-/m1/s1. The van der Waals surface area contributed by atoms with Crippen LogP contribution >= 0.6 is 0 Å². The Bertz CT molecular complexity index is 822. The van der Waals surface area contributed by atoms with Crippen molar-refractivity contribution in [3.63, 3.8) is 0 Å². The first-order valence-electron chi connectivity index (χ1n) is 10.1. The quantitative estimate of drug-likeness (QED) is 0.394. The van der Waals surface area contributed by atoms with Crippen LogP contribution < -0.4 is 15.2 Å². The molecular weight excluding hydrogens is 406 g/mol. The molecule has 0 unspecified atom stereocenters. The highest BCUT2D eigenvalue weighted by molar-refractivity contribution is 5.80. The number of hydrogen-bond donors (Lipinski definition) is 2. The molecule has 0 bridgehead atoms. The van der Waals surface area contributed by atoms with E-state index in [9.17, 15) is 24.3 Å². The second-order valence-corrected chi connectivity index (χ2v) is 7.58. The van der Waals surface area contributed by atoms with E-state index in [2.05, 4.69) is 0 Å². The second kappa shape index (κ2) is 11.5. The maximum atomic E-state index is 12.1. The molecule has 3 atom stereocenters. The first-order chi connectivity index (χ1) is 14.4. The number of ether oxygens (including phenoxy) is 3. The van der Waals surface area contributed by atoms with Crippen LogP contribution in [0.4, 0.5) is 0 Å².